The third kappa shape index (κ3) is 4.97. The van der Waals surface area contributed by atoms with Crippen LogP contribution in [0.3, 0.4) is 0 Å². The lowest BCUT2D eigenvalue weighted by Gasteiger charge is -2.17. The summed E-state index contributed by atoms with van der Waals surface area (Å²) in [5.74, 6) is 0.244. The highest BCUT2D eigenvalue weighted by atomic mass is 14.7. The Bertz CT molecular complexity index is 237. The Balaban J connectivity index is 2.18. The zero-order valence-electron chi connectivity index (χ0n) is 9.84. The Morgan fingerprint density at radius 2 is 2.27 bits per heavy atom. The van der Waals surface area contributed by atoms with Crippen LogP contribution in [0.4, 0.5) is 0 Å². The van der Waals surface area contributed by atoms with E-state index in [1.165, 1.54) is 31.4 Å². The molecule has 1 fully saturated rings. The van der Waals surface area contributed by atoms with E-state index in [2.05, 4.69) is 18.0 Å². The van der Waals surface area contributed by atoms with Crippen molar-refractivity contribution in [3.63, 3.8) is 0 Å². The van der Waals surface area contributed by atoms with Crippen molar-refractivity contribution >= 4 is 5.71 Å². The van der Waals surface area contributed by atoms with E-state index in [0.29, 0.717) is 0 Å². The minimum atomic E-state index is 0.244. The van der Waals surface area contributed by atoms with Gasteiger partial charge in [-0.05, 0) is 25.7 Å². The summed E-state index contributed by atoms with van der Waals surface area (Å²) in [6.45, 7) is 3.21. The lowest BCUT2D eigenvalue weighted by Crippen LogP contribution is -2.14. The van der Waals surface area contributed by atoms with Gasteiger partial charge in [-0.15, -0.1) is 0 Å². The van der Waals surface area contributed by atoms with E-state index in [1.807, 2.05) is 0 Å². The molecular formula is C13H22N2. The van der Waals surface area contributed by atoms with Gasteiger partial charge in [0.1, 0.15) is 0 Å². The summed E-state index contributed by atoms with van der Waals surface area (Å²) in [6.07, 6.45) is 9.43. The maximum atomic E-state index is 8.85. The lowest BCUT2D eigenvalue weighted by molar-refractivity contribution is 0.556. The predicted molar refractivity (Wildman–Crippen MR) is 64.0 cm³/mol. The Morgan fingerprint density at radius 3 is 3.00 bits per heavy atom. The number of nitrogens with zero attached hydrogens (tertiary/aromatic N) is 2. The number of unbranched alkanes of at least 4 members (excludes halogenated alkanes) is 3. The molecule has 0 heterocycles. The minimum Gasteiger partial charge on any atom is -0.294 e. The first-order chi connectivity index (χ1) is 7.36. The number of hydrogen-bond acceptors (Lipinski definition) is 2. The molecule has 0 aliphatic heterocycles. The first-order valence-corrected chi connectivity index (χ1v) is 6.28. The van der Waals surface area contributed by atoms with E-state index in [0.717, 1.165) is 32.2 Å². The zero-order chi connectivity index (χ0) is 10.9. The van der Waals surface area contributed by atoms with Gasteiger partial charge in [0.2, 0.25) is 0 Å². The largest absolute Gasteiger partial charge is 0.294 e. The van der Waals surface area contributed by atoms with Gasteiger partial charge in [0.25, 0.3) is 0 Å². The number of nitriles is 1. The zero-order valence-corrected chi connectivity index (χ0v) is 9.84. The number of hydrogen-bond donors (Lipinski definition) is 0. The smallest absolute Gasteiger partial charge is 0.0659 e. The first-order valence-electron chi connectivity index (χ1n) is 6.28. The third-order valence-electron chi connectivity index (χ3n) is 3.03. The normalized spacial score (nSPS) is 24.0. The molecule has 1 aliphatic rings. The summed E-state index contributed by atoms with van der Waals surface area (Å²) in [4.78, 5) is 4.62. The van der Waals surface area contributed by atoms with Crippen molar-refractivity contribution in [3.8, 4) is 6.07 Å². The molecule has 1 atom stereocenters. The maximum absolute atomic E-state index is 8.85. The summed E-state index contributed by atoms with van der Waals surface area (Å²) in [7, 11) is 0. The van der Waals surface area contributed by atoms with Crippen molar-refractivity contribution in [3.05, 3.63) is 0 Å². The van der Waals surface area contributed by atoms with Gasteiger partial charge in [-0.25, -0.2) is 0 Å². The molecule has 0 amide bonds. The average molecular weight is 206 g/mol. The summed E-state index contributed by atoms with van der Waals surface area (Å²) in [6, 6.07) is 2.36. The van der Waals surface area contributed by atoms with Crippen LogP contribution in [0, 0.1) is 17.2 Å². The summed E-state index contributed by atoms with van der Waals surface area (Å²) in [5, 5.41) is 8.85. The SMILES string of the molecule is CCCCCCN=C1CCCC(C#N)C1. The molecule has 0 N–H and O–H groups in total. The van der Waals surface area contributed by atoms with Gasteiger partial charge >= 0.3 is 0 Å². The Hall–Kier alpha value is -0.840. The molecule has 1 unspecified atom stereocenters. The fourth-order valence-electron chi connectivity index (χ4n) is 2.07. The molecule has 84 valence electrons. The highest BCUT2D eigenvalue weighted by Crippen LogP contribution is 2.21. The fourth-order valence-corrected chi connectivity index (χ4v) is 2.07. The van der Waals surface area contributed by atoms with Gasteiger partial charge in [-0.2, -0.15) is 5.26 Å². The van der Waals surface area contributed by atoms with Crippen LogP contribution in [0.5, 0.6) is 0 Å². The van der Waals surface area contributed by atoms with Gasteiger partial charge in [-0.3, -0.25) is 4.99 Å². The van der Waals surface area contributed by atoms with E-state index in [4.69, 9.17) is 5.26 Å². The molecule has 0 saturated heterocycles. The fraction of sp³-hybridized carbons (Fsp3) is 0.846. The van der Waals surface area contributed by atoms with Crippen LogP contribution in [0.15, 0.2) is 4.99 Å². The van der Waals surface area contributed by atoms with Crippen LogP contribution in [0.2, 0.25) is 0 Å². The maximum Gasteiger partial charge on any atom is 0.0659 e. The van der Waals surface area contributed by atoms with Crippen molar-refractivity contribution in [2.45, 2.75) is 58.3 Å². The van der Waals surface area contributed by atoms with Crippen LogP contribution in [-0.4, -0.2) is 12.3 Å². The Morgan fingerprint density at radius 1 is 1.40 bits per heavy atom. The molecule has 0 aromatic rings. The quantitative estimate of drug-likeness (QED) is 0.631. The van der Waals surface area contributed by atoms with Crippen molar-refractivity contribution in [1.82, 2.24) is 0 Å². The molecule has 15 heavy (non-hydrogen) atoms. The molecule has 0 bridgehead atoms. The standard InChI is InChI=1S/C13H22N2/c1-2-3-4-5-9-15-13-8-6-7-12(10-13)11-14/h12H,2-10H2,1H3. The Labute approximate surface area is 93.4 Å². The van der Waals surface area contributed by atoms with Crippen LogP contribution in [0.1, 0.15) is 58.3 Å². The second-order valence-corrected chi connectivity index (χ2v) is 4.43. The molecule has 1 rings (SSSR count). The summed E-state index contributed by atoms with van der Waals surface area (Å²) < 4.78 is 0. The second-order valence-electron chi connectivity index (χ2n) is 4.43. The molecule has 0 aromatic carbocycles. The molecule has 0 spiro atoms. The van der Waals surface area contributed by atoms with E-state index in [-0.39, 0.29) is 5.92 Å². The highest BCUT2D eigenvalue weighted by molar-refractivity contribution is 5.85. The number of aliphatic imine (C=N–C) groups is 1. The van der Waals surface area contributed by atoms with E-state index in [9.17, 15) is 0 Å². The van der Waals surface area contributed by atoms with Crippen molar-refractivity contribution in [1.29, 1.82) is 5.26 Å². The topological polar surface area (TPSA) is 36.1 Å². The van der Waals surface area contributed by atoms with Gasteiger partial charge in [0.15, 0.2) is 0 Å². The van der Waals surface area contributed by atoms with Crippen molar-refractivity contribution in [2.24, 2.45) is 10.9 Å². The van der Waals surface area contributed by atoms with Gasteiger partial charge < -0.3 is 0 Å². The van der Waals surface area contributed by atoms with E-state index < -0.39 is 0 Å². The monoisotopic (exact) mass is 206 g/mol. The molecule has 0 radical (unpaired) electrons. The summed E-state index contributed by atoms with van der Waals surface area (Å²) >= 11 is 0. The van der Waals surface area contributed by atoms with Crippen LogP contribution >= 0.6 is 0 Å². The van der Waals surface area contributed by atoms with Crippen LogP contribution in [-0.2, 0) is 0 Å². The average Bonchev–Trinajstić information content (AvgIpc) is 2.29. The molecule has 1 saturated carbocycles. The van der Waals surface area contributed by atoms with Crippen molar-refractivity contribution in [2.75, 3.05) is 6.54 Å². The van der Waals surface area contributed by atoms with Gasteiger partial charge in [0, 0.05) is 18.7 Å². The first kappa shape index (κ1) is 12.2. The van der Waals surface area contributed by atoms with E-state index in [1.54, 1.807) is 0 Å². The van der Waals surface area contributed by atoms with Gasteiger partial charge in [-0.1, -0.05) is 26.2 Å². The van der Waals surface area contributed by atoms with E-state index >= 15 is 0 Å². The molecule has 0 aromatic heterocycles. The molecule has 1 aliphatic carbocycles. The lowest BCUT2D eigenvalue weighted by atomic mass is 9.89. The van der Waals surface area contributed by atoms with Crippen LogP contribution < -0.4 is 0 Å². The molecular weight excluding hydrogens is 184 g/mol. The second kappa shape index (κ2) is 7.45. The van der Waals surface area contributed by atoms with Crippen LogP contribution in [0.25, 0.3) is 0 Å². The van der Waals surface area contributed by atoms with Gasteiger partial charge in [0.05, 0.1) is 12.0 Å². The predicted octanol–water partition coefficient (Wildman–Crippen LogP) is 3.72. The minimum absolute atomic E-state index is 0.244. The molecule has 2 heteroatoms. The number of rotatable bonds is 5. The Kier molecular flexibility index (Phi) is 6.08. The highest BCUT2D eigenvalue weighted by Gasteiger charge is 2.16. The summed E-state index contributed by atoms with van der Waals surface area (Å²) in [5.41, 5.74) is 1.30. The van der Waals surface area contributed by atoms with Crippen molar-refractivity contribution < 1.29 is 0 Å². The third-order valence-corrected chi connectivity index (χ3v) is 3.03. The molecule has 2 nitrogen and oxygen atoms in total.